The number of amides is 1. The molecule has 1 amide bonds. The highest BCUT2D eigenvalue weighted by Gasteiger charge is 2.25. The van der Waals surface area contributed by atoms with Crippen molar-refractivity contribution in [2.75, 3.05) is 5.32 Å². The summed E-state index contributed by atoms with van der Waals surface area (Å²) in [5.41, 5.74) is -0.265. The van der Waals surface area contributed by atoms with Crippen LogP contribution in [0.5, 0.6) is 0 Å². The van der Waals surface area contributed by atoms with Crippen molar-refractivity contribution in [3.05, 3.63) is 11.5 Å². The molecule has 1 aliphatic carbocycles. The zero-order chi connectivity index (χ0) is 13.3. The first-order valence-electron chi connectivity index (χ1n) is 5.88. The van der Waals surface area contributed by atoms with Crippen molar-refractivity contribution < 1.29 is 18.7 Å². The summed E-state index contributed by atoms with van der Waals surface area (Å²) in [6.45, 7) is 5.28. The molecule has 0 aliphatic heterocycles. The molecule has 1 aromatic heterocycles. The minimum absolute atomic E-state index is 0.0181. The average molecular weight is 252 g/mol. The second-order valence-electron chi connectivity index (χ2n) is 5.19. The van der Waals surface area contributed by atoms with E-state index in [2.05, 4.69) is 10.3 Å². The van der Waals surface area contributed by atoms with Crippen molar-refractivity contribution in [2.45, 2.75) is 45.6 Å². The maximum absolute atomic E-state index is 11.5. The number of rotatable bonds is 1. The second kappa shape index (κ2) is 4.44. The molecule has 0 atom stereocenters. The van der Waals surface area contributed by atoms with E-state index < -0.39 is 11.7 Å². The van der Waals surface area contributed by atoms with Gasteiger partial charge in [0.25, 0.3) is 0 Å². The molecule has 0 aromatic carbocycles. The van der Waals surface area contributed by atoms with Crippen LogP contribution in [0.2, 0.25) is 0 Å². The Balaban J connectivity index is 2.07. The number of nitrogens with one attached hydrogen (secondary N) is 1. The maximum Gasteiger partial charge on any atom is 0.415 e. The first-order valence-corrected chi connectivity index (χ1v) is 5.88. The van der Waals surface area contributed by atoms with E-state index in [-0.39, 0.29) is 11.8 Å². The highest BCUT2D eigenvalue weighted by molar-refractivity contribution is 5.96. The predicted molar refractivity (Wildman–Crippen MR) is 63.6 cm³/mol. The van der Waals surface area contributed by atoms with Gasteiger partial charge in [-0.2, -0.15) is 4.98 Å². The van der Waals surface area contributed by atoms with Crippen molar-refractivity contribution in [3.63, 3.8) is 0 Å². The van der Waals surface area contributed by atoms with E-state index >= 15 is 0 Å². The Morgan fingerprint density at radius 3 is 2.72 bits per heavy atom. The Morgan fingerprint density at radius 1 is 1.39 bits per heavy atom. The summed E-state index contributed by atoms with van der Waals surface area (Å²) in [6, 6.07) is 0.0181. The molecule has 18 heavy (non-hydrogen) atoms. The number of anilines is 1. The standard InChI is InChI=1S/C12H16N2O4/c1-12(2,3)18-11(16)14-10-13-9-7(15)5-4-6-8(9)17-10/h4-6H2,1-3H3,(H,13,14,16). The van der Waals surface area contributed by atoms with Crippen LogP contribution in [0.15, 0.2) is 4.42 Å². The number of hydrogen-bond donors (Lipinski definition) is 1. The Morgan fingerprint density at radius 2 is 2.11 bits per heavy atom. The number of aromatic nitrogens is 1. The molecule has 1 aromatic rings. The van der Waals surface area contributed by atoms with Crippen LogP contribution in [-0.2, 0) is 11.2 Å². The molecule has 0 fully saturated rings. The summed E-state index contributed by atoms with van der Waals surface area (Å²) in [7, 11) is 0. The number of carbonyl (C=O) groups excluding carboxylic acids is 2. The van der Waals surface area contributed by atoms with Crippen molar-refractivity contribution in [1.82, 2.24) is 4.98 Å². The topological polar surface area (TPSA) is 81.4 Å². The van der Waals surface area contributed by atoms with Gasteiger partial charge in [0, 0.05) is 12.8 Å². The van der Waals surface area contributed by atoms with Gasteiger partial charge in [0.15, 0.2) is 5.78 Å². The Kier molecular flexibility index (Phi) is 3.11. The van der Waals surface area contributed by atoms with Gasteiger partial charge < -0.3 is 9.15 Å². The fourth-order valence-corrected chi connectivity index (χ4v) is 1.71. The molecule has 0 bridgehead atoms. The maximum atomic E-state index is 11.5. The van der Waals surface area contributed by atoms with Gasteiger partial charge in [-0.05, 0) is 27.2 Å². The molecular weight excluding hydrogens is 236 g/mol. The quantitative estimate of drug-likeness (QED) is 0.830. The first kappa shape index (κ1) is 12.6. The number of ether oxygens (including phenoxy) is 1. The zero-order valence-corrected chi connectivity index (χ0v) is 10.7. The van der Waals surface area contributed by atoms with Gasteiger partial charge in [0.2, 0.25) is 0 Å². The molecule has 1 heterocycles. The monoisotopic (exact) mass is 252 g/mol. The summed E-state index contributed by atoms with van der Waals surface area (Å²) >= 11 is 0. The SMILES string of the molecule is CC(C)(C)OC(=O)Nc1nc2c(o1)CCCC2=O. The van der Waals surface area contributed by atoms with Gasteiger partial charge in [-0.3, -0.25) is 4.79 Å². The summed E-state index contributed by atoms with van der Waals surface area (Å²) in [5, 5.41) is 2.39. The summed E-state index contributed by atoms with van der Waals surface area (Å²) in [4.78, 5) is 27.0. The van der Waals surface area contributed by atoms with E-state index in [1.807, 2.05) is 0 Å². The van der Waals surface area contributed by atoms with Crippen LogP contribution in [0.25, 0.3) is 0 Å². The van der Waals surface area contributed by atoms with Crippen LogP contribution in [-0.4, -0.2) is 22.5 Å². The number of ketones is 1. The smallest absolute Gasteiger partial charge is 0.415 e. The van der Waals surface area contributed by atoms with Gasteiger partial charge in [-0.15, -0.1) is 0 Å². The van der Waals surface area contributed by atoms with Gasteiger partial charge in [-0.25, -0.2) is 10.1 Å². The van der Waals surface area contributed by atoms with Crippen molar-refractivity contribution in [2.24, 2.45) is 0 Å². The van der Waals surface area contributed by atoms with Crippen molar-refractivity contribution in [3.8, 4) is 0 Å². The molecule has 1 aliphatic rings. The highest BCUT2D eigenvalue weighted by Crippen LogP contribution is 2.24. The minimum atomic E-state index is -0.645. The van der Waals surface area contributed by atoms with Crippen LogP contribution in [0.4, 0.5) is 10.8 Å². The van der Waals surface area contributed by atoms with Crippen LogP contribution in [0, 0.1) is 0 Å². The molecule has 0 spiro atoms. The van der Waals surface area contributed by atoms with Gasteiger partial charge in [0.1, 0.15) is 17.1 Å². The minimum Gasteiger partial charge on any atom is -0.443 e. The first-order chi connectivity index (χ1) is 8.35. The van der Waals surface area contributed by atoms with E-state index in [1.165, 1.54) is 0 Å². The van der Waals surface area contributed by atoms with Crippen LogP contribution < -0.4 is 5.32 Å². The lowest BCUT2D eigenvalue weighted by atomic mass is 10.0. The van der Waals surface area contributed by atoms with Crippen LogP contribution in [0.3, 0.4) is 0 Å². The molecule has 0 unspecified atom stereocenters. The van der Waals surface area contributed by atoms with E-state index in [0.29, 0.717) is 24.3 Å². The summed E-state index contributed by atoms with van der Waals surface area (Å²) in [6.07, 6.45) is 1.26. The lowest BCUT2D eigenvalue weighted by Gasteiger charge is -2.18. The Hall–Kier alpha value is -1.85. The fraction of sp³-hybridized carbons (Fsp3) is 0.583. The van der Waals surface area contributed by atoms with Crippen molar-refractivity contribution >= 4 is 17.9 Å². The van der Waals surface area contributed by atoms with Crippen LogP contribution in [0.1, 0.15) is 49.9 Å². The number of aryl methyl sites for hydroxylation is 1. The van der Waals surface area contributed by atoms with E-state index in [4.69, 9.17) is 9.15 Å². The highest BCUT2D eigenvalue weighted by atomic mass is 16.6. The predicted octanol–water partition coefficient (Wildman–Crippen LogP) is 2.54. The molecule has 0 radical (unpaired) electrons. The fourth-order valence-electron chi connectivity index (χ4n) is 1.71. The molecule has 0 saturated heterocycles. The van der Waals surface area contributed by atoms with Crippen molar-refractivity contribution in [1.29, 1.82) is 0 Å². The largest absolute Gasteiger partial charge is 0.443 e. The average Bonchev–Trinajstić information content (AvgIpc) is 2.58. The lowest BCUT2D eigenvalue weighted by Crippen LogP contribution is -2.27. The van der Waals surface area contributed by atoms with E-state index in [1.54, 1.807) is 20.8 Å². The normalized spacial score (nSPS) is 15.2. The third-order valence-electron chi connectivity index (χ3n) is 2.38. The lowest BCUT2D eigenvalue weighted by molar-refractivity contribution is 0.0631. The third-order valence-corrected chi connectivity index (χ3v) is 2.38. The number of oxazole rings is 1. The molecular formula is C12H16N2O4. The summed E-state index contributed by atoms with van der Waals surface area (Å²) in [5.74, 6) is 0.495. The Bertz CT molecular complexity index is 485. The molecule has 0 saturated carbocycles. The third kappa shape index (κ3) is 2.88. The second-order valence-corrected chi connectivity index (χ2v) is 5.19. The molecule has 98 valence electrons. The molecule has 6 nitrogen and oxygen atoms in total. The van der Waals surface area contributed by atoms with Crippen LogP contribution >= 0.6 is 0 Å². The summed E-state index contributed by atoms with van der Waals surface area (Å²) < 4.78 is 10.4. The number of Topliss-reactive ketones (excluding diaryl/α,β-unsaturated/α-hetero) is 1. The molecule has 1 N–H and O–H groups in total. The van der Waals surface area contributed by atoms with Gasteiger partial charge in [-0.1, -0.05) is 0 Å². The van der Waals surface area contributed by atoms with Gasteiger partial charge >= 0.3 is 12.1 Å². The molecule has 2 rings (SSSR count). The number of carbonyl (C=O) groups is 2. The molecule has 6 heteroatoms. The number of nitrogens with zero attached hydrogens (tertiary/aromatic N) is 1. The zero-order valence-electron chi connectivity index (χ0n) is 10.7. The Labute approximate surface area is 105 Å². The number of fused-ring (bicyclic) bond motifs is 1. The van der Waals surface area contributed by atoms with Gasteiger partial charge in [0.05, 0.1) is 0 Å². The van der Waals surface area contributed by atoms with E-state index in [0.717, 1.165) is 6.42 Å². The van der Waals surface area contributed by atoms with E-state index in [9.17, 15) is 9.59 Å². The number of hydrogen-bond acceptors (Lipinski definition) is 5.